The Balaban J connectivity index is 2.71. The minimum absolute atomic E-state index is 0.262. The summed E-state index contributed by atoms with van der Waals surface area (Å²) in [5, 5.41) is 0. The highest BCUT2D eigenvalue weighted by Crippen LogP contribution is 2.32. The molecule has 1 aliphatic heterocycles. The molecule has 0 bridgehead atoms. The lowest BCUT2D eigenvalue weighted by molar-refractivity contribution is -0.130. The smallest absolute Gasteiger partial charge is 0.222 e. The van der Waals surface area contributed by atoms with E-state index >= 15 is 0 Å². The van der Waals surface area contributed by atoms with Gasteiger partial charge >= 0.3 is 0 Å². The molecule has 0 aliphatic carbocycles. The Bertz CT molecular complexity index is 250. The summed E-state index contributed by atoms with van der Waals surface area (Å²) in [6.07, 6.45) is 5.05. The minimum atomic E-state index is 0.262. The molecule has 1 fully saturated rings. The van der Waals surface area contributed by atoms with E-state index in [1.54, 1.807) is 0 Å². The summed E-state index contributed by atoms with van der Waals surface area (Å²) in [4.78, 5) is 13.9. The normalized spacial score (nSPS) is 19.6. The summed E-state index contributed by atoms with van der Waals surface area (Å²) >= 11 is 1.89. The number of carbonyl (C=O) groups is 1. The number of nitrogens with zero attached hydrogens (tertiary/aromatic N) is 1. The second-order valence-corrected chi connectivity index (χ2v) is 7.18. The van der Waals surface area contributed by atoms with Crippen LogP contribution in [0.15, 0.2) is 0 Å². The van der Waals surface area contributed by atoms with Gasteiger partial charge in [-0.05, 0) is 25.0 Å². The van der Waals surface area contributed by atoms with Crippen LogP contribution in [-0.2, 0) is 4.79 Å². The molecule has 0 saturated carbocycles. The van der Waals surface area contributed by atoms with E-state index in [1.807, 2.05) is 11.8 Å². The van der Waals surface area contributed by atoms with Gasteiger partial charge in [-0.25, -0.2) is 0 Å². The molecule has 0 aromatic rings. The number of hydrogen-bond acceptors (Lipinski definition) is 2. The van der Waals surface area contributed by atoms with Gasteiger partial charge in [0.05, 0.1) is 0 Å². The van der Waals surface area contributed by atoms with E-state index in [9.17, 15) is 4.79 Å². The van der Waals surface area contributed by atoms with Crippen LogP contribution in [0.3, 0.4) is 0 Å². The van der Waals surface area contributed by atoms with Crippen LogP contribution in [0, 0.1) is 5.92 Å². The van der Waals surface area contributed by atoms with Crippen molar-refractivity contribution in [2.75, 3.05) is 12.8 Å². The predicted molar refractivity (Wildman–Crippen MR) is 71.8 cm³/mol. The number of thioether (sulfide) groups is 1. The Morgan fingerprint density at radius 1 is 1.44 bits per heavy atom. The predicted octanol–water partition coefficient (Wildman–Crippen LogP) is 3.17. The fraction of sp³-hybridized carbons (Fsp3) is 0.923. The summed E-state index contributed by atoms with van der Waals surface area (Å²) in [6, 6.07) is 0.414. The van der Waals surface area contributed by atoms with E-state index in [1.165, 1.54) is 0 Å². The quantitative estimate of drug-likeness (QED) is 0.739. The molecule has 1 aliphatic rings. The molecular formula is C13H25NOS. The first-order chi connectivity index (χ1) is 7.37. The van der Waals surface area contributed by atoms with Gasteiger partial charge in [0.15, 0.2) is 0 Å². The average molecular weight is 243 g/mol. The number of carbonyl (C=O) groups excluding carboxylic acids is 1. The molecule has 1 atom stereocenters. The number of hydrogen-bond donors (Lipinski definition) is 0. The van der Waals surface area contributed by atoms with E-state index in [0.29, 0.717) is 17.9 Å². The fourth-order valence-corrected chi connectivity index (χ4v) is 2.65. The van der Waals surface area contributed by atoms with Crippen LogP contribution in [-0.4, -0.2) is 34.4 Å². The number of rotatable bonds is 5. The van der Waals surface area contributed by atoms with Crippen LogP contribution in [0.2, 0.25) is 0 Å². The molecule has 3 heteroatoms. The largest absolute Gasteiger partial charge is 0.339 e. The Morgan fingerprint density at radius 3 is 2.44 bits per heavy atom. The topological polar surface area (TPSA) is 20.3 Å². The molecule has 0 N–H and O–H groups in total. The van der Waals surface area contributed by atoms with Crippen molar-refractivity contribution in [3.8, 4) is 0 Å². The molecule has 94 valence electrons. The maximum absolute atomic E-state index is 11.8. The molecule has 1 unspecified atom stereocenters. The van der Waals surface area contributed by atoms with Crippen molar-refractivity contribution in [2.45, 2.75) is 57.7 Å². The summed E-state index contributed by atoms with van der Waals surface area (Å²) < 4.78 is 0.262. The molecule has 1 heterocycles. The molecule has 0 spiro atoms. The molecule has 0 aromatic carbocycles. The monoisotopic (exact) mass is 243 g/mol. The Kier molecular flexibility index (Phi) is 4.72. The van der Waals surface area contributed by atoms with Gasteiger partial charge in [0.25, 0.3) is 0 Å². The zero-order valence-electron chi connectivity index (χ0n) is 11.2. The van der Waals surface area contributed by atoms with Crippen LogP contribution in [0.25, 0.3) is 0 Å². The van der Waals surface area contributed by atoms with Crippen molar-refractivity contribution < 1.29 is 4.79 Å². The lowest BCUT2D eigenvalue weighted by Gasteiger charge is -2.36. The first-order valence-corrected chi connectivity index (χ1v) is 7.44. The van der Waals surface area contributed by atoms with E-state index in [2.05, 4.69) is 38.9 Å². The third-order valence-corrected chi connectivity index (χ3v) is 4.81. The van der Waals surface area contributed by atoms with Crippen molar-refractivity contribution in [3.63, 3.8) is 0 Å². The van der Waals surface area contributed by atoms with Crippen LogP contribution in [0.4, 0.5) is 0 Å². The van der Waals surface area contributed by atoms with Gasteiger partial charge < -0.3 is 4.90 Å². The lowest BCUT2D eigenvalue weighted by Crippen LogP contribution is -2.43. The van der Waals surface area contributed by atoms with Gasteiger partial charge in [-0.2, -0.15) is 11.8 Å². The van der Waals surface area contributed by atoms with Gasteiger partial charge in [0, 0.05) is 23.8 Å². The number of amides is 1. The van der Waals surface area contributed by atoms with Crippen molar-refractivity contribution in [3.05, 3.63) is 0 Å². The van der Waals surface area contributed by atoms with Crippen LogP contribution >= 0.6 is 11.8 Å². The van der Waals surface area contributed by atoms with E-state index in [4.69, 9.17) is 0 Å². The third-order valence-electron chi connectivity index (χ3n) is 3.53. The molecule has 0 radical (unpaired) electrons. The van der Waals surface area contributed by atoms with E-state index < -0.39 is 0 Å². The molecule has 2 nitrogen and oxygen atoms in total. The first-order valence-electron chi connectivity index (χ1n) is 6.22. The molecule has 1 saturated heterocycles. The zero-order chi connectivity index (χ0) is 12.3. The SMILES string of the molecule is CSC(C)(C)CC(C(C)C)N1CCCC1=O. The van der Waals surface area contributed by atoms with E-state index in [0.717, 1.165) is 25.8 Å². The van der Waals surface area contributed by atoms with Gasteiger partial charge in [-0.15, -0.1) is 0 Å². The maximum Gasteiger partial charge on any atom is 0.222 e. The summed E-state index contributed by atoms with van der Waals surface area (Å²) in [5.74, 6) is 0.907. The van der Waals surface area contributed by atoms with Crippen molar-refractivity contribution in [1.82, 2.24) is 4.90 Å². The van der Waals surface area contributed by atoms with Gasteiger partial charge in [-0.3, -0.25) is 4.79 Å². The second-order valence-electron chi connectivity index (χ2n) is 5.67. The summed E-state index contributed by atoms with van der Waals surface area (Å²) in [6.45, 7) is 9.96. The Labute approximate surface area is 104 Å². The van der Waals surface area contributed by atoms with Crippen LogP contribution in [0.5, 0.6) is 0 Å². The fourth-order valence-electron chi connectivity index (χ4n) is 2.31. The Hall–Kier alpha value is -0.180. The Morgan fingerprint density at radius 2 is 2.06 bits per heavy atom. The second kappa shape index (κ2) is 5.44. The zero-order valence-corrected chi connectivity index (χ0v) is 12.1. The third kappa shape index (κ3) is 3.41. The standard InChI is InChI=1S/C13H25NOS/c1-10(2)11(9-13(3,4)16-5)14-8-6-7-12(14)15/h10-11H,6-9H2,1-5H3. The maximum atomic E-state index is 11.8. The van der Waals surface area contributed by atoms with Gasteiger partial charge in [0.1, 0.15) is 0 Å². The van der Waals surface area contributed by atoms with Crippen LogP contribution in [0.1, 0.15) is 47.0 Å². The highest BCUT2D eigenvalue weighted by Gasteiger charge is 2.33. The molecule has 1 rings (SSSR count). The highest BCUT2D eigenvalue weighted by molar-refractivity contribution is 7.99. The average Bonchev–Trinajstić information content (AvgIpc) is 2.61. The lowest BCUT2D eigenvalue weighted by atomic mass is 9.92. The van der Waals surface area contributed by atoms with Gasteiger partial charge in [0.2, 0.25) is 5.91 Å². The first kappa shape index (κ1) is 13.9. The molecule has 1 amide bonds. The number of likely N-dealkylation sites (tertiary alicyclic amines) is 1. The van der Waals surface area contributed by atoms with Gasteiger partial charge in [-0.1, -0.05) is 27.7 Å². The molecule has 0 aromatic heterocycles. The molecule has 16 heavy (non-hydrogen) atoms. The van der Waals surface area contributed by atoms with Crippen LogP contribution < -0.4 is 0 Å². The highest BCUT2D eigenvalue weighted by atomic mass is 32.2. The summed E-state index contributed by atoms with van der Waals surface area (Å²) in [7, 11) is 0. The summed E-state index contributed by atoms with van der Waals surface area (Å²) in [5.41, 5.74) is 0. The van der Waals surface area contributed by atoms with Crippen molar-refractivity contribution >= 4 is 17.7 Å². The minimum Gasteiger partial charge on any atom is -0.339 e. The van der Waals surface area contributed by atoms with Crippen molar-refractivity contribution in [1.29, 1.82) is 0 Å². The van der Waals surface area contributed by atoms with Crippen molar-refractivity contribution in [2.24, 2.45) is 5.92 Å². The molecular weight excluding hydrogens is 218 g/mol. The van der Waals surface area contributed by atoms with E-state index in [-0.39, 0.29) is 4.75 Å².